The molecule has 5 heteroatoms. The third-order valence-corrected chi connectivity index (χ3v) is 2.10. The first-order valence-electron chi connectivity index (χ1n) is 3.93. The molecular formula is C8H11ClN2O2. The molecule has 0 atom stereocenters. The van der Waals surface area contributed by atoms with Crippen LogP contribution in [-0.4, -0.2) is 23.2 Å². The van der Waals surface area contributed by atoms with Gasteiger partial charge in [-0.25, -0.2) is 0 Å². The second kappa shape index (κ2) is 4.39. The maximum Gasteiger partial charge on any atom is 0.155 e. The predicted octanol–water partition coefficient (Wildman–Crippen LogP) is 1.52. The van der Waals surface area contributed by atoms with Crippen LogP contribution in [-0.2, 0) is 17.9 Å². The van der Waals surface area contributed by atoms with Gasteiger partial charge >= 0.3 is 0 Å². The molecule has 0 saturated carbocycles. The van der Waals surface area contributed by atoms with Gasteiger partial charge in [-0.1, -0.05) is 11.6 Å². The summed E-state index contributed by atoms with van der Waals surface area (Å²) in [4.78, 5) is 10.7. The molecule has 0 bridgehead atoms. The molecule has 0 radical (unpaired) electrons. The van der Waals surface area contributed by atoms with Gasteiger partial charge in [0.05, 0.1) is 12.2 Å². The number of carbonyl (C=O) groups is 1. The molecule has 0 fully saturated rings. The molecule has 0 aliphatic carbocycles. The van der Waals surface area contributed by atoms with E-state index >= 15 is 0 Å². The molecule has 0 aliphatic heterocycles. The van der Waals surface area contributed by atoms with Gasteiger partial charge in [0.2, 0.25) is 0 Å². The van der Waals surface area contributed by atoms with E-state index in [-0.39, 0.29) is 0 Å². The van der Waals surface area contributed by atoms with E-state index in [2.05, 4.69) is 5.10 Å². The summed E-state index contributed by atoms with van der Waals surface area (Å²) in [5, 5.41) is 4.50. The summed E-state index contributed by atoms with van der Waals surface area (Å²) in [5.74, 6) is 0. The first-order chi connectivity index (χ1) is 6.24. The number of ether oxygens (including phenoxy) is 1. The Labute approximate surface area is 81.4 Å². The highest BCUT2D eigenvalue weighted by Crippen LogP contribution is 2.18. The minimum absolute atomic E-state index is 0.306. The number of halogens is 1. The van der Waals surface area contributed by atoms with Gasteiger partial charge in [0.25, 0.3) is 0 Å². The molecule has 0 unspecified atom stereocenters. The molecule has 1 aromatic rings. The quantitative estimate of drug-likeness (QED) is 0.696. The monoisotopic (exact) mass is 202 g/mol. The van der Waals surface area contributed by atoms with Crippen LogP contribution in [0.3, 0.4) is 0 Å². The smallest absolute Gasteiger partial charge is 0.155 e. The molecular weight excluding hydrogens is 192 g/mol. The Balaban J connectivity index is 3.11. The molecule has 0 N–H and O–H groups in total. The fourth-order valence-corrected chi connectivity index (χ4v) is 1.38. The molecule has 0 aromatic carbocycles. The van der Waals surface area contributed by atoms with Crippen LogP contribution in [0, 0.1) is 0 Å². The largest absolute Gasteiger partial charge is 0.378 e. The third kappa shape index (κ3) is 1.89. The van der Waals surface area contributed by atoms with E-state index in [0.29, 0.717) is 35.8 Å². The van der Waals surface area contributed by atoms with Crippen LogP contribution in [0.4, 0.5) is 0 Å². The van der Waals surface area contributed by atoms with E-state index in [4.69, 9.17) is 16.3 Å². The number of aromatic nitrogens is 2. The van der Waals surface area contributed by atoms with Crippen molar-refractivity contribution >= 4 is 17.9 Å². The van der Waals surface area contributed by atoms with Gasteiger partial charge in [0, 0.05) is 13.7 Å². The van der Waals surface area contributed by atoms with Crippen LogP contribution in [0.15, 0.2) is 0 Å². The average molecular weight is 203 g/mol. The zero-order chi connectivity index (χ0) is 9.84. The predicted molar refractivity (Wildman–Crippen MR) is 49.0 cm³/mol. The summed E-state index contributed by atoms with van der Waals surface area (Å²) in [6.45, 7) is 2.86. The maximum absolute atomic E-state index is 10.7. The van der Waals surface area contributed by atoms with E-state index in [9.17, 15) is 4.79 Å². The number of hydrogen-bond donors (Lipinski definition) is 0. The lowest BCUT2D eigenvalue weighted by Crippen LogP contribution is -1.97. The van der Waals surface area contributed by atoms with Gasteiger partial charge in [0.15, 0.2) is 6.29 Å². The number of aldehydes is 1. The van der Waals surface area contributed by atoms with Crippen molar-refractivity contribution in [1.29, 1.82) is 0 Å². The Morgan fingerprint density at radius 1 is 1.69 bits per heavy atom. The van der Waals surface area contributed by atoms with Crippen molar-refractivity contribution in [3.8, 4) is 0 Å². The standard InChI is InChI=1S/C8H11ClN2O2/c1-3-11-8(9)6(4-12)7(10-11)5-13-2/h4H,3,5H2,1-2H3. The van der Waals surface area contributed by atoms with Crippen molar-refractivity contribution in [3.05, 3.63) is 16.4 Å². The zero-order valence-corrected chi connectivity index (χ0v) is 8.34. The topological polar surface area (TPSA) is 44.1 Å². The van der Waals surface area contributed by atoms with Gasteiger partial charge in [-0.2, -0.15) is 5.10 Å². The van der Waals surface area contributed by atoms with E-state index in [1.807, 2.05) is 6.92 Å². The van der Waals surface area contributed by atoms with Crippen LogP contribution >= 0.6 is 11.6 Å². The Hall–Kier alpha value is -0.870. The Morgan fingerprint density at radius 2 is 2.38 bits per heavy atom. The van der Waals surface area contributed by atoms with Gasteiger partial charge in [-0.15, -0.1) is 0 Å². The summed E-state index contributed by atoms with van der Waals surface area (Å²) in [6.07, 6.45) is 0.704. The first kappa shape index (κ1) is 10.2. The molecule has 72 valence electrons. The van der Waals surface area contributed by atoms with Crippen LogP contribution < -0.4 is 0 Å². The van der Waals surface area contributed by atoms with Crippen molar-refractivity contribution in [2.45, 2.75) is 20.1 Å². The number of methoxy groups -OCH3 is 1. The van der Waals surface area contributed by atoms with Crippen molar-refractivity contribution in [1.82, 2.24) is 9.78 Å². The normalized spacial score (nSPS) is 10.4. The lowest BCUT2D eigenvalue weighted by atomic mass is 10.3. The Kier molecular flexibility index (Phi) is 3.45. The molecule has 13 heavy (non-hydrogen) atoms. The minimum Gasteiger partial charge on any atom is -0.378 e. The van der Waals surface area contributed by atoms with Crippen molar-refractivity contribution in [3.63, 3.8) is 0 Å². The Bertz CT molecular complexity index is 309. The molecule has 1 aromatic heterocycles. The molecule has 0 aliphatic rings. The number of nitrogens with zero attached hydrogens (tertiary/aromatic N) is 2. The molecule has 4 nitrogen and oxygen atoms in total. The number of hydrogen-bond acceptors (Lipinski definition) is 3. The highest BCUT2D eigenvalue weighted by atomic mass is 35.5. The summed E-state index contributed by atoms with van der Waals surface area (Å²) >= 11 is 5.88. The third-order valence-electron chi connectivity index (χ3n) is 1.70. The van der Waals surface area contributed by atoms with Gasteiger partial charge in [0.1, 0.15) is 10.8 Å². The van der Waals surface area contributed by atoms with E-state index in [1.165, 1.54) is 0 Å². The SMILES string of the molecule is CCn1nc(COC)c(C=O)c1Cl. The summed E-state index contributed by atoms with van der Waals surface area (Å²) < 4.78 is 6.46. The first-order valence-corrected chi connectivity index (χ1v) is 4.31. The minimum atomic E-state index is 0.306. The van der Waals surface area contributed by atoms with E-state index < -0.39 is 0 Å². The van der Waals surface area contributed by atoms with E-state index in [1.54, 1.807) is 11.8 Å². The fraction of sp³-hybridized carbons (Fsp3) is 0.500. The number of aryl methyl sites for hydroxylation is 1. The van der Waals surface area contributed by atoms with Crippen molar-refractivity contribution < 1.29 is 9.53 Å². The Morgan fingerprint density at radius 3 is 2.85 bits per heavy atom. The number of rotatable bonds is 4. The molecule has 1 heterocycles. The second-order valence-corrected chi connectivity index (χ2v) is 2.88. The van der Waals surface area contributed by atoms with Crippen LogP contribution in [0.5, 0.6) is 0 Å². The molecule has 0 spiro atoms. The van der Waals surface area contributed by atoms with Crippen molar-refractivity contribution in [2.24, 2.45) is 0 Å². The highest BCUT2D eigenvalue weighted by Gasteiger charge is 2.13. The van der Waals surface area contributed by atoms with Crippen molar-refractivity contribution in [2.75, 3.05) is 7.11 Å². The van der Waals surface area contributed by atoms with Gasteiger partial charge < -0.3 is 4.74 Å². The van der Waals surface area contributed by atoms with Crippen LogP contribution in [0.1, 0.15) is 23.0 Å². The molecule has 0 amide bonds. The maximum atomic E-state index is 10.7. The lowest BCUT2D eigenvalue weighted by Gasteiger charge is -1.94. The lowest BCUT2D eigenvalue weighted by molar-refractivity contribution is 0.111. The fourth-order valence-electron chi connectivity index (χ4n) is 1.07. The van der Waals surface area contributed by atoms with Gasteiger partial charge in [-0.3, -0.25) is 9.48 Å². The second-order valence-electron chi connectivity index (χ2n) is 2.52. The number of carbonyl (C=O) groups excluding carboxylic acids is 1. The summed E-state index contributed by atoms with van der Waals surface area (Å²) in [6, 6.07) is 0. The van der Waals surface area contributed by atoms with Gasteiger partial charge in [-0.05, 0) is 6.92 Å². The highest BCUT2D eigenvalue weighted by molar-refractivity contribution is 6.32. The summed E-state index contributed by atoms with van der Waals surface area (Å²) in [7, 11) is 1.55. The van der Waals surface area contributed by atoms with Crippen LogP contribution in [0.2, 0.25) is 5.15 Å². The molecule has 1 rings (SSSR count). The van der Waals surface area contributed by atoms with E-state index in [0.717, 1.165) is 0 Å². The average Bonchev–Trinajstić information content (AvgIpc) is 2.43. The summed E-state index contributed by atoms with van der Waals surface area (Å²) in [5.41, 5.74) is 1.01. The zero-order valence-electron chi connectivity index (χ0n) is 7.58. The molecule has 0 saturated heterocycles. The van der Waals surface area contributed by atoms with Crippen LogP contribution in [0.25, 0.3) is 0 Å².